The number of hydrogen-bond acceptors (Lipinski definition) is 4. The van der Waals surface area contributed by atoms with E-state index in [0.717, 1.165) is 11.3 Å². The van der Waals surface area contributed by atoms with Gasteiger partial charge in [-0.15, -0.1) is 0 Å². The lowest BCUT2D eigenvalue weighted by molar-refractivity contribution is -0.142. The molecule has 0 radical (unpaired) electrons. The summed E-state index contributed by atoms with van der Waals surface area (Å²) in [5.41, 5.74) is 0.922. The van der Waals surface area contributed by atoms with Crippen LogP contribution in [-0.2, 0) is 16.1 Å². The number of likely N-dealkylation sites (tertiary alicyclic amines) is 1. The average molecular weight is 349 g/mol. The maximum atomic E-state index is 12.5. The molecule has 0 aromatic heterocycles. The highest BCUT2D eigenvalue weighted by Crippen LogP contribution is 2.35. The topological polar surface area (TPSA) is 49.9 Å². The van der Waals surface area contributed by atoms with Crippen molar-refractivity contribution in [2.24, 2.45) is 11.8 Å². The van der Waals surface area contributed by atoms with Gasteiger partial charge in [-0.3, -0.25) is 19.4 Å². The summed E-state index contributed by atoms with van der Waals surface area (Å²) in [4.78, 5) is 28.3. The van der Waals surface area contributed by atoms with E-state index in [4.69, 9.17) is 16.3 Å². The second-order valence-electron chi connectivity index (χ2n) is 6.37. The fourth-order valence-electron chi connectivity index (χ4n) is 3.46. The minimum Gasteiger partial charge on any atom is -0.496 e. The van der Waals surface area contributed by atoms with E-state index in [0.29, 0.717) is 24.4 Å². The predicted octanol–water partition coefficient (Wildman–Crippen LogP) is 2.69. The van der Waals surface area contributed by atoms with Gasteiger partial charge in [-0.1, -0.05) is 23.8 Å². The van der Waals surface area contributed by atoms with E-state index < -0.39 is 0 Å². The van der Waals surface area contributed by atoms with Crippen molar-refractivity contribution < 1.29 is 14.3 Å². The first kappa shape index (κ1) is 17.0. The summed E-state index contributed by atoms with van der Waals surface area (Å²) in [6.45, 7) is 0.814. The van der Waals surface area contributed by atoms with Crippen LogP contribution < -0.4 is 4.74 Å². The molecule has 3 rings (SSSR count). The number of halogens is 1. The Kier molecular flexibility index (Phi) is 4.92. The molecule has 1 fully saturated rings. The zero-order valence-electron chi connectivity index (χ0n) is 13.9. The van der Waals surface area contributed by atoms with Crippen LogP contribution in [0.4, 0.5) is 0 Å². The number of benzene rings is 1. The Labute approximate surface area is 146 Å². The number of hydrogen-bond donors (Lipinski definition) is 0. The van der Waals surface area contributed by atoms with E-state index in [1.54, 1.807) is 13.2 Å². The van der Waals surface area contributed by atoms with Crippen molar-refractivity contribution >= 4 is 23.4 Å². The summed E-state index contributed by atoms with van der Waals surface area (Å²) in [7, 11) is 3.49. The molecule has 0 unspecified atom stereocenters. The van der Waals surface area contributed by atoms with E-state index in [1.165, 1.54) is 4.90 Å². The minimum atomic E-state index is -0.184. The molecule has 128 valence electrons. The van der Waals surface area contributed by atoms with E-state index >= 15 is 0 Å². The third-order valence-corrected chi connectivity index (χ3v) is 4.90. The van der Waals surface area contributed by atoms with Crippen LogP contribution in [0, 0.1) is 11.8 Å². The van der Waals surface area contributed by atoms with Crippen molar-refractivity contribution in [3.8, 4) is 5.75 Å². The zero-order valence-corrected chi connectivity index (χ0v) is 14.6. The molecule has 2 amide bonds. The molecule has 2 aliphatic rings. The summed E-state index contributed by atoms with van der Waals surface area (Å²) in [5.74, 6) is 0.259. The van der Waals surface area contributed by atoms with Crippen LogP contribution in [0.5, 0.6) is 5.75 Å². The van der Waals surface area contributed by atoms with Crippen LogP contribution >= 0.6 is 11.6 Å². The molecule has 1 aromatic carbocycles. The Bertz CT molecular complexity index is 663. The Morgan fingerprint density at radius 2 is 1.83 bits per heavy atom. The molecular formula is C18H21ClN2O3. The first-order chi connectivity index (χ1) is 11.5. The van der Waals surface area contributed by atoms with Crippen molar-refractivity contribution in [2.45, 2.75) is 19.4 Å². The molecule has 5 nitrogen and oxygen atoms in total. The highest BCUT2D eigenvalue weighted by Gasteiger charge is 2.47. The van der Waals surface area contributed by atoms with Crippen LogP contribution in [0.25, 0.3) is 0 Å². The van der Waals surface area contributed by atoms with Gasteiger partial charge in [0.2, 0.25) is 11.8 Å². The standard InChI is InChI=1S/C18H21ClN2O3/c1-20(10-12-9-13(19)7-8-16(12)24-2)11-21-17(22)14-5-3-4-6-15(14)18(21)23/h3-4,7-9,14-15H,5-6,10-11H2,1-2H3/t14-,15+. The van der Waals surface area contributed by atoms with Gasteiger partial charge in [-0.2, -0.15) is 0 Å². The van der Waals surface area contributed by atoms with Gasteiger partial charge in [0.1, 0.15) is 5.75 Å². The normalized spacial score (nSPS) is 23.1. The van der Waals surface area contributed by atoms with Crippen molar-refractivity contribution in [1.82, 2.24) is 9.80 Å². The van der Waals surface area contributed by atoms with Crippen LogP contribution in [-0.4, -0.2) is 42.4 Å². The van der Waals surface area contributed by atoms with Crippen LogP contribution in [0.1, 0.15) is 18.4 Å². The number of nitrogens with zero attached hydrogens (tertiary/aromatic N) is 2. The SMILES string of the molecule is COc1ccc(Cl)cc1CN(C)CN1C(=O)[C@H]2CC=CC[C@H]2C1=O. The lowest BCUT2D eigenvalue weighted by Gasteiger charge is -2.24. The highest BCUT2D eigenvalue weighted by atomic mass is 35.5. The van der Waals surface area contributed by atoms with Gasteiger partial charge in [0, 0.05) is 17.1 Å². The summed E-state index contributed by atoms with van der Waals surface area (Å²) < 4.78 is 5.35. The highest BCUT2D eigenvalue weighted by molar-refractivity contribution is 6.30. The zero-order chi connectivity index (χ0) is 17.3. The largest absolute Gasteiger partial charge is 0.496 e. The molecule has 1 aromatic rings. The number of methoxy groups -OCH3 is 1. The molecule has 6 heteroatoms. The molecule has 1 aliphatic heterocycles. The molecule has 24 heavy (non-hydrogen) atoms. The predicted molar refractivity (Wildman–Crippen MR) is 91.5 cm³/mol. The maximum Gasteiger partial charge on any atom is 0.234 e. The van der Waals surface area contributed by atoms with E-state index in [2.05, 4.69) is 0 Å². The number of carbonyl (C=O) groups is 2. The first-order valence-corrected chi connectivity index (χ1v) is 8.40. The van der Waals surface area contributed by atoms with Gasteiger partial charge in [0.15, 0.2) is 0 Å². The fourth-order valence-corrected chi connectivity index (χ4v) is 3.66. The number of rotatable bonds is 5. The number of amides is 2. The molecule has 1 heterocycles. The summed E-state index contributed by atoms with van der Waals surface area (Å²) in [5, 5.41) is 0.629. The smallest absolute Gasteiger partial charge is 0.234 e. The third-order valence-electron chi connectivity index (χ3n) is 4.66. The van der Waals surface area contributed by atoms with Gasteiger partial charge in [0.05, 0.1) is 25.6 Å². The molecule has 2 atom stereocenters. The summed E-state index contributed by atoms with van der Waals surface area (Å²) in [6.07, 6.45) is 5.32. The number of ether oxygens (including phenoxy) is 1. The quantitative estimate of drug-likeness (QED) is 0.606. The van der Waals surface area contributed by atoms with Crippen LogP contribution in [0.3, 0.4) is 0 Å². The van der Waals surface area contributed by atoms with Crippen molar-refractivity contribution in [3.05, 3.63) is 40.9 Å². The van der Waals surface area contributed by atoms with E-state index in [1.807, 2.05) is 36.2 Å². The molecule has 1 aliphatic carbocycles. The number of carbonyl (C=O) groups excluding carboxylic acids is 2. The lowest BCUT2D eigenvalue weighted by Crippen LogP contribution is -2.40. The average Bonchev–Trinajstić information content (AvgIpc) is 2.80. The van der Waals surface area contributed by atoms with Gasteiger partial charge >= 0.3 is 0 Å². The van der Waals surface area contributed by atoms with Crippen molar-refractivity contribution in [3.63, 3.8) is 0 Å². The number of allylic oxidation sites excluding steroid dienone is 2. The van der Waals surface area contributed by atoms with Crippen LogP contribution in [0.2, 0.25) is 5.02 Å². The summed E-state index contributed by atoms with van der Waals surface area (Å²) in [6, 6.07) is 5.43. The monoisotopic (exact) mass is 348 g/mol. The number of imide groups is 1. The molecule has 0 saturated carbocycles. The van der Waals surface area contributed by atoms with Crippen molar-refractivity contribution in [2.75, 3.05) is 20.8 Å². The Hall–Kier alpha value is -1.85. The molecular weight excluding hydrogens is 328 g/mol. The van der Waals surface area contributed by atoms with Gasteiger partial charge in [-0.05, 0) is 38.1 Å². The molecule has 1 saturated heterocycles. The second-order valence-corrected chi connectivity index (χ2v) is 6.81. The Morgan fingerprint density at radius 1 is 1.21 bits per heavy atom. The summed E-state index contributed by atoms with van der Waals surface area (Å²) >= 11 is 6.06. The molecule has 0 N–H and O–H groups in total. The van der Waals surface area contributed by atoms with Gasteiger partial charge in [0.25, 0.3) is 0 Å². The van der Waals surface area contributed by atoms with Gasteiger partial charge in [-0.25, -0.2) is 0 Å². The maximum absolute atomic E-state index is 12.5. The first-order valence-electron chi connectivity index (χ1n) is 8.02. The number of fused-ring (bicyclic) bond motifs is 1. The lowest BCUT2D eigenvalue weighted by atomic mass is 9.85. The van der Waals surface area contributed by atoms with Crippen LogP contribution in [0.15, 0.2) is 30.4 Å². The molecule has 0 bridgehead atoms. The van der Waals surface area contributed by atoms with E-state index in [9.17, 15) is 9.59 Å². The second kappa shape index (κ2) is 6.95. The van der Waals surface area contributed by atoms with Gasteiger partial charge < -0.3 is 4.74 Å². The fraction of sp³-hybridized carbons (Fsp3) is 0.444. The Balaban J connectivity index is 1.69. The minimum absolute atomic E-state index is 0.0562. The van der Waals surface area contributed by atoms with Crippen molar-refractivity contribution in [1.29, 1.82) is 0 Å². The third kappa shape index (κ3) is 3.19. The van der Waals surface area contributed by atoms with E-state index in [-0.39, 0.29) is 30.3 Å². The molecule has 0 spiro atoms. The Morgan fingerprint density at radius 3 is 2.42 bits per heavy atom.